The second-order valence-electron chi connectivity index (χ2n) is 5.04. The average molecular weight is 380 g/mol. The van der Waals surface area contributed by atoms with Crippen molar-refractivity contribution in [3.63, 3.8) is 0 Å². The zero-order valence-corrected chi connectivity index (χ0v) is 13.9. The van der Waals surface area contributed by atoms with E-state index in [0.717, 1.165) is 10.0 Å². The first-order chi connectivity index (χ1) is 11.0. The molecule has 0 fully saturated rings. The van der Waals surface area contributed by atoms with Crippen molar-refractivity contribution in [3.05, 3.63) is 50.6 Å². The Balaban J connectivity index is 1.80. The molecule has 0 radical (unpaired) electrons. The number of nitrogens with zero attached hydrogens (tertiary/aromatic N) is 2. The summed E-state index contributed by atoms with van der Waals surface area (Å²) < 4.78 is 12.0. The smallest absolute Gasteiger partial charge is 0.287 e. The van der Waals surface area contributed by atoms with Gasteiger partial charge in [-0.05, 0) is 30.7 Å². The van der Waals surface area contributed by atoms with Crippen LogP contribution in [0.2, 0.25) is 0 Å². The molecule has 23 heavy (non-hydrogen) atoms. The van der Waals surface area contributed by atoms with Crippen molar-refractivity contribution in [2.24, 2.45) is 0 Å². The molecule has 2 aromatic rings. The Morgan fingerprint density at radius 1 is 1.30 bits per heavy atom. The predicted octanol–water partition coefficient (Wildman–Crippen LogP) is 3.70. The van der Waals surface area contributed by atoms with E-state index in [1.54, 1.807) is 6.07 Å². The molecular weight excluding hydrogens is 366 g/mol. The van der Waals surface area contributed by atoms with Gasteiger partial charge < -0.3 is 14.8 Å². The molecule has 1 aliphatic heterocycles. The van der Waals surface area contributed by atoms with E-state index in [9.17, 15) is 10.1 Å². The van der Waals surface area contributed by atoms with E-state index in [2.05, 4.69) is 26.2 Å². The molecule has 1 aromatic heterocycles. The van der Waals surface area contributed by atoms with E-state index in [-0.39, 0.29) is 11.7 Å². The Kier molecular flexibility index (Phi) is 4.33. The highest BCUT2D eigenvalue weighted by Crippen LogP contribution is 2.38. The Hall–Kier alpha value is -2.35. The molecule has 0 aliphatic carbocycles. The number of anilines is 1. The van der Waals surface area contributed by atoms with Gasteiger partial charge in [0.25, 0.3) is 5.69 Å². The van der Waals surface area contributed by atoms with E-state index in [4.69, 9.17) is 9.47 Å². The maximum absolute atomic E-state index is 10.7. The molecule has 0 saturated carbocycles. The number of nitro groups is 1. The number of benzene rings is 1. The van der Waals surface area contributed by atoms with Gasteiger partial charge in [0, 0.05) is 10.5 Å². The molecule has 120 valence electrons. The topological polar surface area (TPSA) is 86.5 Å². The first kappa shape index (κ1) is 15.5. The summed E-state index contributed by atoms with van der Waals surface area (Å²) in [4.78, 5) is 14.2. The van der Waals surface area contributed by atoms with Crippen LogP contribution in [-0.2, 0) is 0 Å². The summed E-state index contributed by atoms with van der Waals surface area (Å²) in [6, 6.07) is 6.73. The summed E-state index contributed by atoms with van der Waals surface area (Å²) in [5.74, 6) is 1.98. The van der Waals surface area contributed by atoms with Crippen molar-refractivity contribution < 1.29 is 14.4 Å². The Bertz CT molecular complexity index is 736. The monoisotopic (exact) mass is 379 g/mol. The van der Waals surface area contributed by atoms with Crippen molar-refractivity contribution in [3.8, 4) is 11.5 Å². The van der Waals surface area contributed by atoms with Gasteiger partial charge >= 0.3 is 0 Å². The second-order valence-corrected chi connectivity index (χ2v) is 5.90. The molecule has 1 unspecified atom stereocenters. The lowest BCUT2D eigenvalue weighted by Gasteiger charge is -2.22. The maximum atomic E-state index is 10.7. The minimum atomic E-state index is -0.475. The van der Waals surface area contributed by atoms with Crippen molar-refractivity contribution in [1.29, 1.82) is 0 Å². The average Bonchev–Trinajstić information content (AvgIpc) is 2.54. The molecule has 0 saturated heterocycles. The summed E-state index contributed by atoms with van der Waals surface area (Å²) in [5.41, 5.74) is 0.943. The van der Waals surface area contributed by atoms with Gasteiger partial charge in [-0.15, -0.1) is 0 Å². The van der Waals surface area contributed by atoms with Crippen LogP contribution in [0.25, 0.3) is 0 Å². The van der Waals surface area contributed by atoms with Gasteiger partial charge in [0.2, 0.25) is 0 Å². The third kappa shape index (κ3) is 3.37. The molecule has 7 nitrogen and oxygen atoms in total. The fourth-order valence-corrected chi connectivity index (χ4v) is 2.96. The van der Waals surface area contributed by atoms with E-state index < -0.39 is 4.92 Å². The van der Waals surface area contributed by atoms with Gasteiger partial charge in [-0.1, -0.05) is 15.9 Å². The quantitative estimate of drug-likeness (QED) is 0.643. The predicted molar refractivity (Wildman–Crippen MR) is 88.1 cm³/mol. The van der Waals surface area contributed by atoms with Gasteiger partial charge in [0.15, 0.2) is 11.5 Å². The molecule has 3 rings (SSSR count). The Morgan fingerprint density at radius 2 is 2.00 bits per heavy atom. The van der Waals surface area contributed by atoms with Crippen LogP contribution in [0.5, 0.6) is 11.5 Å². The molecular formula is C15H14BrN3O4. The molecule has 8 heteroatoms. The van der Waals surface area contributed by atoms with Crippen LogP contribution in [0, 0.1) is 10.1 Å². The van der Waals surface area contributed by atoms with Crippen LogP contribution in [0.3, 0.4) is 0 Å². The maximum Gasteiger partial charge on any atom is 0.287 e. The summed E-state index contributed by atoms with van der Waals surface area (Å²) in [6.07, 6.45) is 1.23. The molecule has 1 atom stereocenters. The van der Waals surface area contributed by atoms with Crippen LogP contribution in [-0.4, -0.2) is 23.1 Å². The fraction of sp³-hybridized carbons (Fsp3) is 0.267. The summed E-state index contributed by atoms with van der Waals surface area (Å²) in [7, 11) is 0. The Labute approximate surface area is 140 Å². The van der Waals surface area contributed by atoms with Crippen LogP contribution in [0.4, 0.5) is 11.5 Å². The van der Waals surface area contributed by atoms with Gasteiger partial charge in [-0.2, -0.15) is 0 Å². The van der Waals surface area contributed by atoms with Crippen LogP contribution < -0.4 is 14.8 Å². The number of ether oxygens (including phenoxy) is 2. The van der Waals surface area contributed by atoms with E-state index in [0.29, 0.717) is 30.5 Å². The number of hydrogen-bond acceptors (Lipinski definition) is 6. The van der Waals surface area contributed by atoms with Crippen molar-refractivity contribution in [2.45, 2.75) is 13.0 Å². The highest BCUT2D eigenvalue weighted by atomic mass is 79.9. The molecule has 0 amide bonds. The summed E-state index contributed by atoms with van der Waals surface area (Å²) in [6.45, 7) is 3.04. The largest absolute Gasteiger partial charge is 0.486 e. The van der Waals surface area contributed by atoms with Gasteiger partial charge in [0.05, 0.1) is 11.0 Å². The third-order valence-corrected chi connectivity index (χ3v) is 4.14. The first-order valence-corrected chi connectivity index (χ1v) is 7.80. The summed E-state index contributed by atoms with van der Waals surface area (Å²) in [5, 5.41) is 13.9. The first-order valence-electron chi connectivity index (χ1n) is 7.00. The lowest BCUT2D eigenvalue weighted by molar-refractivity contribution is -0.385. The number of halogens is 1. The lowest BCUT2D eigenvalue weighted by atomic mass is 10.1. The number of nitrogens with one attached hydrogen (secondary N) is 1. The third-order valence-electron chi connectivity index (χ3n) is 3.45. The number of aromatic nitrogens is 1. The van der Waals surface area contributed by atoms with E-state index in [1.165, 1.54) is 12.3 Å². The number of hydrogen-bond donors (Lipinski definition) is 1. The minimum Gasteiger partial charge on any atom is -0.486 e. The standard InChI is InChI=1S/C15H14BrN3O4/c1-9(18-15-3-2-10(8-17-15)19(20)21)11-6-13-14(7-12(11)16)23-5-4-22-13/h2-3,6-9H,4-5H2,1H3,(H,17,18). The van der Waals surface area contributed by atoms with Gasteiger partial charge in [0.1, 0.15) is 25.2 Å². The lowest BCUT2D eigenvalue weighted by Crippen LogP contribution is -2.16. The van der Waals surface area contributed by atoms with Crippen LogP contribution in [0.1, 0.15) is 18.5 Å². The number of rotatable bonds is 4. The zero-order valence-electron chi connectivity index (χ0n) is 12.3. The molecule has 2 heterocycles. The molecule has 0 bridgehead atoms. The van der Waals surface area contributed by atoms with Gasteiger partial charge in [-0.3, -0.25) is 10.1 Å². The van der Waals surface area contributed by atoms with E-state index >= 15 is 0 Å². The summed E-state index contributed by atoms with van der Waals surface area (Å²) >= 11 is 3.53. The molecule has 0 spiro atoms. The Morgan fingerprint density at radius 3 is 2.61 bits per heavy atom. The molecule has 1 aromatic carbocycles. The van der Waals surface area contributed by atoms with Crippen molar-refractivity contribution in [1.82, 2.24) is 4.98 Å². The minimum absolute atomic E-state index is 0.0382. The van der Waals surface area contributed by atoms with Crippen molar-refractivity contribution >= 4 is 27.4 Å². The normalized spacial score (nSPS) is 14.2. The molecule has 1 N–H and O–H groups in total. The van der Waals surface area contributed by atoms with Crippen LogP contribution >= 0.6 is 15.9 Å². The highest BCUT2D eigenvalue weighted by molar-refractivity contribution is 9.10. The fourth-order valence-electron chi connectivity index (χ4n) is 2.29. The van der Waals surface area contributed by atoms with Crippen LogP contribution in [0.15, 0.2) is 34.9 Å². The molecule has 1 aliphatic rings. The SMILES string of the molecule is CC(Nc1ccc([N+](=O)[O-])cn1)c1cc2c(cc1Br)OCCO2. The zero-order chi connectivity index (χ0) is 16.4. The number of pyridine rings is 1. The van der Waals surface area contributed by atoms with E-state index in [1.807, 2.05) is 19.1 Å². The number of fused-ring (bicyclic) bond motifs is 1. The van der Waals surface area contributed by atoms with Crippen molar-refractivity contribution in [2.75, 3.05) is 18.5 Å². The second kappa shape index (κ2) is 6.41. The van der Waals surface area contributed by atoms with Gasteiger partial charge in [-0.25, -0.2) is 4.98 Å². The highest BCUT2D eigenvalue weighted by Gasteiger charge is 2.18.